The average molecular weight is 505 g/mol. The number of alkyl halides is 3. The van der Waals surface area contributed by atoms with Crippen LogP contribution in [-0.2, 0) is 20.8 Å². The number of benzene rings is 1. The Hall–Kier alpha value is -2.90. The van der Waals surface area contributed by atoms with Gasteiger partial charge < -0.3 is 19.6 Å². The first-order chi connectivity index (χ1) is 16.0. The third-order valence-electron chi connectivity index (χ3n) is 6.10. The molecule has 9 nitrogen and oxygen atoms in total. The Morgan fingerprint density at radius 3 is 2.47 bits per heavy atom. The second-order valence-electron chi connectivity index (χ2n) is 8.18. The molecule has 0 spiro atoms. The van der Waals surface area contributed by atoms with Crippen LogP contribution in [0.2, 0.25) is 0 Å². The van der Waals surface area contributed by atoms with E-state index in [4.69, 9.17) is 0 Å². The van der Waals surface area contributed by atoms with Crippen molar-refractivity contribution in [3.05, 3.63) is 29.9 Å². The van der Waals surface area contributed by atoms with Crippen molar-refractivity contribution in [2.75, 3.05) is 35.6 Å². The number of carbonyl (C=O) groups is 1. The van der Waals surface area contributed by atoms with Crippen molar-refractivity contribution in [1.82, 2.24) is 15.0 Å². The number of piperidine rings is 1. The van der Waals surface area contributed by atoms with E-state index in [1.54, 1.807) is 9.80 Å². The summed E-state index contributed by atoms with van der Waals surface area (Å²) in [5.74, 6) is -2.65. The number of amides is 1. The largest absolute Gasteiger partial charge is 0.471 e. The lowest BCUT2D eigenvalue weighted by Crippen LogP contribution is -2.47. The molecular weight excluding hydrogens is 482 g/mol. The summed E-state index contributed by atoms with van der Waals surface area (Å²) in [5.41, 5.74) is 0.0441. The average Bonchev–Trinajstić information content (AvgIpc) is 3.43. The van der Waals surface area contributed by atoms with Crippen molar-refractivity contribution in [1.29, 1.82) is 0 Å². The van der Waals surface area contributed by atoms with Gasteiger partial charge >= 0.3 is 12.1 Å². The molecule has 1 aromatic heterocycles. The highest BCUT2D eigenvalue weighted by atomic mass is 32.2. The number of anilines is 2. The van der Waals surface area contributed by atoms with Crippen molar-refractivity contribution in [3.63, 3.8) is 0 Å². The van der Waals surface area contributed by atoms with Gasteiger partial charge in [-0.05, 0) is 42.6 Å². The predicted octanol–water partition coefficient (Wildman–Crippen LogP) is 2.70. The second-order valence-corrected chi connectivity index (χ2v) is 10.5. The van der Waals surface area contributed by atoms with Gasteiger partial charge in [-0.1, -0.05) is 6.92 Å². The van der Waals surface area contributed by atoms with E-state index < -0.39 is 33.8 Å². The van der Waals surface area contributed by atoms with Crippen LogP contribution in [0.4, 0.5) is 29.2 Å². The molecule has 1 N–H and O–H groups in total. The van der Waals surface area contributed by atoms with Gasteiger partial charge in [-0.15, -0.1) is 0 Å². The second kappa shape index (κ2) is 9.04. The van der Waals surface area contributed by atoms with Crippen LogP contribution in [0.1, 0.15) is 32.1 Å². The number of hydrogen-bond donors (Lipinski definition) is 1. The predicted molar refractivity (Wildman–Crippen MR) is 112 cm³/mol. The zero-order chi connectivity index (χ0) is 24.7. The number of sulfone groups is 1. The van der Waals surface area contributed by atoms with Crippen molar-refractivity contribution in [3.8, 4) is 0 Å². The highest BCUT2D eigenvalue weighted by molar-refractivity contribution is 7.91. The van der Waals surface area contributed by atoms with E-state index in [0.29, 0.717) is 38.9 Å². The van der Waals surface area contributed by atoms with Gasteiger partial charge in [-0.2, -0.15) is 18.2 Å². The van der Waals surface area contributed by atoms with E-state index in [1.165, 1.54) is 19.1 Å². The maximum atomic E-state index is 14.5. The summed E-state index contributed by atoms with van der Waals surface area (Å²) < 4.78 is 80.6. The normalized spacial score (nSPS) is 20.3. The first-order valence-electron chi connectivity index (χ1n) is 10.7. The Morgan fingerprint density at radius 1 is 1.18 bits per heavy atom. The maximum absolute atomic E-state index is 14.5. The molecule has 2 saturated heterocycles. The number of nitrogens with one attached hydrogen (secondary N) is 1. The van der Waals surface area contributed by atoms with E-state index in [1.807, 2.05) is 0 Å². The number of halogens is 4. The third kappa shape index (κ3) is 4.81. The van der Waals surface area contributed by atoms with Gasteiger partial charge in [0.1, 0.15) is 11.9 Å². The summed E-state index contributed by atoms with van der Waals surface area (Å²) in [6.45, 7) is 2.62. The lowest BCUT2D eigenvalue weighted by Gasteiger charge is -2.36. The van der Waals surface area contributed by atoms with Gasteiger partial charge in [0.25, 0.3) is 5.95 Å². The quantitative estimate of drug-likeness (QED) is 0.597. The van der Waals surface area contributed by atoms with E-state index in [0.717, 1.165) is 6.07 Å². The molecule has 1 amide bonds. The Labute approximate surface area is 193 Å². The molecule has 34 heavy (non-hydrogen) atoms. The van der Waals surface area contributed by atoms with Crippen LogP contribution in [0.5, 0.6) is 0 Å². The van der Waals surface area contributed by atoms with Gasteiger partial charge in [0.05, 0.1) is 16.3 Å². The number of rotatable bonds is 6. The molecule has 2 fully saturated rings. The molecule has 0 bridgehead atoms. The number of nitrogens with zero attached hydrogens (tertiary/aromatic N) is 4. The topological polar surface area (TPSA) is 109 Å². The molecular formula is C20H23F4N5O4S. The van der Waals surface area contributed by atoms with Crippen LogP contribution in [-0.4, -0.2) is 66.8 Å². The Bertz CT molecular complexity index is 1160. The molecule has 2 aliphatic rings. The lowest BCUT2D eigenvalue weighted by atomic mass is 10.0. The van der Waals surface area contributed by atoms with E-state index in [9.17, 15) is 30.8 Å². The molecule has 0 aliphatic carbocycles. The first kappa shape index (κ1) is 24.2. The van der Waals surface area contributed by atoms with Gasteiger partial charge in [0.15, 0.2) is 9.84 Å². The van der Waals surface area contributed by atoms with Crippen molar-refractivity contribution >= 4 is 27.4 Å². The van der Waals surface area contributed by atoms with Gasteiger partial charge in [0.2, 0.25) is 5.91 Å². The highest BCUT2D eigenvalue weighted by Gasteiger charge is 2.40. The molecule has 0 saturated carbocycles. The van der Waals surface area contributed by atoms with Crippen molar-refractivity contribution in [2.24, 2.45) is 0 Å². The Morgan fingerprint density at radius 2 is 1.88 bits per heavy atom. The molecule has 4 rings (SSSR count). The van der Waals surface area contributed by atoms with E-state index >= 15 is 0 Å². The molecule has 1 atom stereocenters. The smallest absolute Gasteiger partial charge is 0.371 e. The molecule has 0 radical (unpaired) electrons. The minimum absolute atomic E-state index is 0.0441. The molecule has 186 valence electrons. The van der Waals surface area contributed by atoms with Gasteiger partial charge in [0, 0.05) is 25.7 Å². The fraction of sp³-hybridized carbons (Fsp3) is 0.550. The Kier molecular flexibility index (Phi) is 6.44. The third-order valence-corrected chi connectivity index (χ3v) is 7.83. The minimum atomic E-state index is -4.71. The zero-order valence-corrected chi connectivity index (χ0v) is 19.0. The summed E-state index contributed by atoms with van der Waals surface area (Å²) in [5, 5.41) is 6.26. The maximum Gasteiger partial charge on any atom is 0.471 e. The molecule has 0 unspecified atom stereocenters. The minimum Gasteiger partial charge on any atom is -0.371 e. The highest BCUT2D eigenvalue weighted by Crippen LogP contribution is 2.31. The molecule has 2 aliphatic heterocycles. The fourth-order valence-electron chi connectivity index (χ4n) is 4.20. The monoisotopic (exact) mass is 505 g/mol. The number of hydrogen-bond acceptors (Lipinski definition) is 8. The molecule has 2 aromatic rings. The molecule has 1 aromatic carbocycles. The summed E-state index contributed by atoms with van der Waals surface area (Å²) >= 11 is 0. The van der Waals surface area contributed by atoms with Crippen LogP contribution in [0, 0.1) is 5.82 Å². The van der Waals surface area contributed by atoms with Crippen LogP contribution in [0.3, 0.4) is 0 Å². The zero-order valence-electron chi connectivity index (χ0n) is 18.2. The van der Waals surface area contributed by atoms with Crippen LogP contribution >= 0.6 is 0 Å². The Balaban J connectivity index is 1.35. The number of likely N-dealkylation sites (tertiary alicyclic amines) is 1. The van der Waals surface area contributed by atoms with E-state index in [-0.39, 0.29) is 34.2 Å². The molecule has 3 heterocycles. The van der Waals surface area contributed by atoms with Crippen LogP contribution in [0.25, 0.3) is 0 Å². The SMILES string of the molecule is CCS(=O)(=O)c1ccc(N[C@H]2CCN(C3CCN(c4noc(C(F)(F)F)n4)CC3)C2=O)c(F)c1. The molecule has 14 heteroatoms. The summed E-state index contributed by atoms with van der Waals surface area (Å²) in [7, 11) is -3.55. The van der Waals surface area contributed by atoms with Crippen molar-refractivity contribution in [2.45, 2.75) is 49.3 Å². The van der Waals surface area contributed by atoms with Gasteiger partial charge in [-0.3, -0.25) is 4.79 Å². The summed E-state index contributed by atoms with van der Waals surface area (Å²) in [6, 6.07) is 2.78. The van der Waals surface area contributed by atoms with E-state index in [2.05, 4.69) is 20.0 Å². The number of carbonyl (C=O) groups excluding carboxylic acids is 1. The first-order valence-corrected chi connectivity index (χ1v) is 12.4. The summed E-state index contributed by atoms with van der Waals surface area (Å²) in [4.78, 5) is 19.5. The van der Waals surface area contributed by atoms with Gasteiger partial charge in [-0.25, -0.2) is 12.8 Å². The fourth-order valence-corrected chi connectivity index (χ4v) is 5.09. The van der Waals surface area contributed by atoms with Crippen molar-refractivity contribution < 1.29 is 35.3 Å². The lowest BCUT2D eigenvalue weighted by molar-refractivity contribution is -0.159. The van der Waals surface area contributed by atoms with Crippen LogP contribution in [0.15, 0.2) is 27.6 Å². The summed E-state index contributed by atoms with van der Waals surface area (Å²) in [6.07, 6.45) is -3.26. The standard InChI is InChI=1S/C20H23F4N5O4S/c1-2-34(31,32)13-3-4-15(14(21)11-13)25-16-7-10-29(17(16)30)12-5-8-28(9-6-12)19-26-18(33-27-19)20(22,23)24/h3-4,11-12,16,25H,2,5-10H2,1H3/t16-/m0/s1. The van der Waals surface area contributed by atoms with Crippen LogP contribution < -0.4 is 10.2 Å². The number of aromatic nitrogens is 2.